The van der Waals surface area contributed by atoms with E-state index in [1.54, 1.807) is 18.9 Å². The average Bonchev–Trinajstić information content (AvgIpc) is 2.98. The highest BCUT2D eigenvalue weighted by atomic mass is 32.2. The van der Waals surface area contributed by atoms with Crippen LogP contribution in [0.2, 0.25) is 0 Å². The summed E-state index contributed by atoms with van der Waals surface area (Å²) in [6.07, 6.45) is 1.52. The number of carbonyl (C=O) groups is 1. The van der Waals surface area contributed by atoms with Crippen molar-refractivity contribution in [3.8, 4) is 5.75 Å². The highest BCUT2D eigenvalue weighted by Gasteiger charge is 2.18. The molecule has 2 rings (SSSR count). The number of nitrogens with zero attached hydrogens (tertiary/aromatic N) is 2. The summed E-state index contributed by atoms with van der Waals surface area (Å²) in [5.41, 5.74) is 1.39. The van der Waals surface area contributed by atoms with Crippen LogP contribution in [-0.4, -0.2) is 23.2 Å². The van der Waals surface area contributed by atoms with Crippen molar-refractivity contribution >= 4 is 34.1 Å². The Balaban J connectivity index is 1.82. The van der Waals surface area contributed by atoms with Gasteiger partial charge in [0.25, 0.3) is 0 Å². The number of methoxy groups -OCH3 is 1. The maximum atomic E-state index is 12.2. The van der Waals surface area contributed by atoms with Crippen LogP contribution in [0.1, 0.15) is 46.1 Å². The number of thioether (sulfide) groups is 1. The van der Waals surface area contributed by atoms with E-state index in [9.17, 15) is 4.79 Å². The fourth-order valence-corrected chi connectivity index (χ4v) is 4.54. The summed E-state index contributed by atoms with van der Waals surface area (Å²) < 4.78 is 6.07. The van der Waals surface area contributed by atoms with Crippen molar-refractivity contribution in [3.63, 3.8) is 0 Å². The number of anilines is 1. The third kappa shape index (κ3) is 7.33. The van der Waals surface area contributed by atoms with Crippen molar-refractivity contribution in [1.82, 2.24) is 10.2 Å². The van der Waals surface area contributed by atoms with Crippen LogP contribution < -0.4 is 10.1 Å². The second-order valence-electron chi connectivity index (χ2n) is 7.64. The number of aromatic nitrogens is 2. The molecule has 5 nitrogen and oxygen atoms in total. The topological polar surface area (TPSA) is 64.1 Å². The molecule has 1 N–H and O–H groups in total. The summed E-state index contributed by atoms with van der Waals surface area (Å²) in [5.74, 6) is 1.97. The van der Waals surface area contributed by atoms with Gasteiger partial charge in [-0.15, -0.1) is 10.2 Å². The van der Waals surface area contributed by atoms with Gasteiger partial charge in [-0.05, 0) is 35.4 Å². The zero-order valence-corrected chi connectivity index (χ0v) is 17.7. The Morgan fingerprint density at radius 3 is 2.81 bits per heavy atom. The summed E-state index contributed by atoms with van der Waals surface area (Å²) in [4.78, 5) is 12.2. The quantitative estimate of drug-likeness (QED) is 0.491. The van der Waals surface area contributed by atoms with E-state index in [1.165, 1.54) is 11.3 Å². The molecule has 1 aromatic carbocycles. The summed E-state index contributed by atoms with van der Waals surface area (Å²) >= 11 is 3.01. The number of carbonyl (C=O) groups excluding carboxylic acids is 1. The molecule has 1 unspecified atom stereocenters. The Bertz CT molecular complexity index is 726. The molecule has 0 aliphatic heterocycles. The van der Waals surface area contributed by atoms with Crippen LogP contribution in [0.25, 0.3) is 0 Å². The van der Waals surface area contributed by atoms with Crippen molar-refractivity contribution in [2.75, 3.05) is 12.4 Å². The van der Waals surface area contributed by atoms with Gasteiger partial charge >= 0.3 is 0 Å². The number of hydrogen-bond acceptors (Lipinski definition) is 6. The first-order valence-corrected chi connectivity index (χ1v) is 10.4. The molecule has 0 fully saturated rings. The lowest BCUT2D eigenvalue weighted by atomic mass is 9.84. The molecule has 1 atom stereocenters. The van der Waals surface area contributed by atoms with E-state index in [4.69, 9.17) is 4.74 Å². The number of nitrogens with one attached hydrogen (secondary N) is 1. The van der Waals surface area contributed by atoms with E-state index in [0.29, 0.717) is 17.5 Å². The van der Waals surface area contributed by atoms with Crippen molar-refractivity contribution in [2.24, 2.45) is 11.3 Å². The largest absolute Gasteiger partial charge is 0.497 e. The molecule has 2 aromatic rings. The molecular formula is C19H27N3O2S2. The standard InChI is InChI=1S/C19H27N3O2S2/c1-13(11-19(2,3)4)9-16(23)20-17-21-22-18(26-17)25-12-14-7-6-8-15(10-14)24-5/h6-8,10,13H,9,11-12H2,1-5H3,(H,20,21,23). The van der Waals surface area contributed by atoms with Gasteiger partial charge in [-0.25, -0.2) is 0 Å². The molecule has 7 heteroatoms. The molecule has 1 aromatic heterocycles. The van der Waals surface area contributed by atoms with Gasteiger partial charge in [0.05, 0.1) is 7.11 Å². The van der Waals surface area contributed by atoms with Gasteiger partial charge in [0.1, 0.15) is 5.75 Å². The van der Waals surface area contributed by atoms with Gasteiger partial charge in [-0.3, -0.25) is 4.79 Å². The van der Waals surface area contributed by atoms with Gasteiger partial charge in [0, 0.05) is 12.2 Å². The average molecular weight is 394 g/mol. The first-order chi connectivity index (χ1) is 12.2. The molecule has 0 aliphatic rings. The molecule has 0 radical (unpaired) electrons. The van der Waals surface area contributed by atoms with E-state index in [-0.39, 0.29) is 11.3 Å². The Morgan fingerprint density at radius 2 is 2.12 bits per heavy atom. The summed E-state index contributed by atoms with van der Waals surface area (Å²) in [6, 6.07) is 7.95. The number of rotatable bonds is 8. The minimum atomic E-state index is 0.00208. The molecule has 0 saturated heterocycles. The third-order valence-corrected chi connectivity index (χ3v) is 5.69. The zero-order chi connectivity index (χ0) is 19.2. The molecule has 1 amide bonds. The molecular weight excluding hydrogens is 366 g/mol. The highest BCUT2D eigenvalue weighted by molar-refractivity contribution is 8.00. The Labute approximate surface area is 163 Å². The van der Waals surface area contributed by atoms with Crippen molar-refractivity contribution < 1.29 is 9.53 Å². The maximum Gasteiger partial charge on any atom is 0.226 e. The highest BCUT2D eigenvalue weighted by Crippen LogP contribution is 2.30. The lowest BCUT2D eigenvalue weighted by Gasteiger charge is -2.22. The summed E-state index contributed by atoms with van der Waals surface area (Å²) in [5, 5.41) is 11.7. The fraction of sp³-hybridized carbons (Fsp3) is 0.526. The minimum absolute atomic E-state index is 0.00208. The third-order valence-electron chi connectivity index (χ3n) is 3.64. The number of ether oxygens (including phenoxy) is 1. The van der Waals surface area contributed by atoms with Crippen molar-refractivity contribution in [2.45, 2.75) is 50.6 Å². The smallest absolute Gasteiger partial charge is 0.226 e. The molecule has 0 aliphatic carbocycles. The monoisotopic (exact) mass is 393 g/mol. The van der Waals surface area contributed by atoms with E-state index >= 15 is 0 Å². The van der Waals surface area contributed by atoms with Gasteiger partial charge in [0.15, 0.2) is 4.34 Å². The lowest BCUT2D eigenvalue weighted by molar-refractivity contribution is -0.117. The predicted octanol–water partition coefficient (Wildman–Crippen LogP) is 5.24. The number of benzene rings is 1. The van der Waals surface area contributed by atoms with Crippen molar-refractivity contribution in [1.29, 1.82) is 0 Å². The lowest BCUT2D eigenvalue weighted by Crippen LogP contribution is -2.18. The summed E-state index contributed by atoms with van der Waals surface area (Å²) in [6.45, 7) is 8.69. The van der Waals surface area contributed by atoms with Gasteiger partial charge < -0.3 is 10.1 Å². The van der Waals surface area contributed by atoms with Crippen LogP contribution in [-0.2, 0) is 10.5 Å². The molecule has 0 bridgehead atoms. The second kappa shape index (κ2) is 9.37. The molecule has 142 valence electrons. The van der Waals surface area contributed by atoms with Crippen LogP contribution in [0.3, 0.4) is 0 Å². The number of hydrogen-bond donors (Lipinski definition) is 1. The molecule has 1 heterocycles. The Kier molecular flexibility index (Phi) is 7.46. The van der Waals surface area contributed by atoms with Crippen LogP contribution in [0.4, 0.5) is 5.13 Å². The molecule has 0 saturated carbocycles. The zero-order valence-electron chi connectivity index (χ0n) is 16.0. The number of amides is 1. The first-order valence-electron chi connectivity index (χ1n) is 8.64. The van der Waals surface area contributed by atoms with E-state index < -0.39 is 0 Å². The van der Waals surface area contributed by atoms with Gasteiger partial charge in [-0.1, -0.05) is 62.9 Å². The SMILES string of the molecule is COc1cccc(CSc2nnc(NC(=O)CC(C)CC(C)(C)C)s2)c1. The van der Waals surface area contributed by atoms with Crippen LogP contribution in [0.5, 0.6) is 5.75 Å². The summed E-state index contributed by atoms with van der Waals surface area (Å²) in [7, 11) is 1.66. The van der Waals surface area contributed by atoms with E-state index in [1.807, 2.05) is 18.2 Å². The van der Waals surface area contributed by atoms with E-state index in [0.717, 1.165) is 27.8 Å². The Morgan fingerprint density at radius 1 is 1.35 bits per heavy atom. The minimum Gasteiger partial charge on any atom is -0.497 e. The normalized spacial score (nSPS) is 12.7. The maximum absolute atomic E-state index is 12.2. The van der Waals surface area contributed by atoms with E-state index in [2.05, 4.69) is 49.3 Å². The molecule has 26 heavy (non-hydrogen) atoms. The van der Waals surface area contributed by atoms with Gasteiger partial charge in [0.2, 0.25) is 11.0 Å². The van der Waals surface area contributed by atoms with Gasteiger partial charge in [-0.2, -0.15) is 0 Å². The van der Waals surface area contributed by atoms with Crippen LogP contribution in [0.15, 0.2) is 28.6 Å². The second-order valence-corrected chi connectivity index (χ2v) is 9.84. The Hall–Kier alpha value is -1.60. The fourth-order valence-electron chi connectivity index (χ4n) is 2.83. The first kappa shape index (κ1) is 20.7. The van der Waals surface area contributed by atoms with Crippen molar-refractivity contribution in [3.05, 3.63) is 29.8 Å². The molecule has 0 spiro atoms. The van der Waals surface area contributed by atoms with Crippen LogP contribution in [0, 0.1) is 11.3 Å². The van der Waals surface area contributed by atoms with Crippen LogP contribution >= 0.6 is 23.1 Å². The predicted molar refractivity (Wildman–Crippen MR) is 109 cm³/mol.